The highest BCUT2D eigenvalue weighted by atomic mass is 19.1. The Labute approximate surface area is 128 Å². The third-order valence-electron chi connectivity index (χ3n) is 4.20. The SMILES string of the molecule is Cc1cc(NC(=O)NC2(c3ccc(F)cc3)CCC2)n(C)n1. The number of amides is 2. The summed E-state index contributed by atoms with van der Waals surface area (Å²) >= 11 is 0. The van der Waals surface area contributed by atoms with Gasteiger partial charge in [0.15, 0.2) is 0 Å². The highest BCUT2D eigenvalue weighted by molar-refractivity contribution is 5.89. The predicted octanol–water partition coefficient (Wildman–Crippen LogP) is 3.07. The van der Waals surface area contributed by atoms with Crippen LogP contribution in [0.1, 0.15) is 30.5 Å². The Morgan fingerprint density at radius 3 is 2.50 bits per heavy atom. The molecule has 1 aliphatic rings. The molecule has 0 aliphatic heterocycles. The van der Waals surface area contributed by atoms with Crippen LogP contribution in [0.5, 0.6) is 0 Å². The first-order chi connectivity index (χ1) is 10.5. The molecule has 1 fully saturated rings. The smallest absolute Gasteiger partial charge is 0.321 e. The third kappa shape index (κ3) is 2.68. The number of aryl methyl sites for hydroxylation is 2. The highest BCUT2D eigenvalue weighted by Crippen LogP contribution is 2.41. The molecule has 1 aromatic carbocycles. The van der Waals surface area contributed by atoms with Gasteiger partial charge in [-0.25, -0.2) is 9.18 Å². The molecule has 0 radical (unpaired) electrons. The third-order valence-corrected chi connectivity index (χ3v) is 4.20. The van der Waals surface area contributed by atoms with Crippen LogP contribution in [0.3, 0.4) is 0 Å². The summed E-state index contributed by atoms with van der Waals surface area (Å²) in [5, 5.41) is 10.0. The van der Waals surface area contributed by atoms with Crippen LogP contribution in [0.25, 0.3) is 0 Å². The summed E-state index contributed by atoms with van der Waals surface area (Å²) < 4.78 is 14.7. The molecule has 0 bridgehead atoms. The maximum absolute atomic E-state index is 13.1. The first-order valence-corrected chi connectivity index (χ1v) is 7.34. The number of benzene rings is 1. The molecule has 116 valence electrons. The van der Waals surface area contributed by atoms with Crippen LogP contribution in [0.4, 0.5) is 15.0 Å². The Bertz CT molecular complexity index is 689. The lowest BCUT2D eigenvalue weighted by Crippen LogP contribution is -2.52. The van der Waals surface area contributed by atoms with Gasteiger partial charge >= 0.3 is 6.03 Å². The summed E-state index contributed by atoms with van der Waals surface area (Å²) in [5.41, 5.74) is 1.39. The Morgan fingerprint density at radius 1 is 1.32 bits per heavy atom. The van der Waals surface area contributed by atoms with Crippen molar-refractivity contribution in [1.82, 2.24) is 15.1 Å². The second-order valence-electron chi connectivity index (χ2n) is 5.82. The number of aromatic nitrogens is 2. The van der Waals surface area contributed by atoms with Crippen molar-refractivity contribution in [3.8, 4) is 0 Å². The maximum atomic E-state index is 13.1. The zero-order valence-corrected chi connectivity index (χ0v) is 12.7. The number of nitrogens with zero attached hydrogens (tertiary/aromatic N) is 2. The highest BCUT2D eigenvalue weighted by Gasteiger charge is 2.40. The lowest BCUT2D eigenvalue weighted by molar-refractivity contribution is 0.185. The van der Waals surface area contributed by atoms with E-state index in [-0.39, 0.29) is 11.8 Å². The Balaban J connectivity index is 1.74. The van der Waals surface area contributed by atoms with E-state index >= 15 is 0 Å². The number of hydrogen-bond donors (Lipinski definition) is 2. The quantitative estimate of drug-likeness (QED) is 0.915. The molecule has 22 heavy (non-hydrogen) atoms. The van der Waals surface area contributed by atoms with Crippen molar-refractivity contribution >= 4 is 11.8 Å². The van der Waals surface area contributed by atoms with Crippen LogP contribution in [0.2, 0.25) is 0 Å². The summed E-state index contributed by atoms with van der Waals surface area (Å²) in [7, 11) is 1.78. The van der Waals surface area contributed by atoms with Crippen LogP contribution >= 0.6 is 0 Å². The van der Waals surface area contributed by atoms with Gasteiger partial charge in [-0.2, -0.15) is 5.10 Å². The molecule has 2 N–H and O–H groups in total. The molecular weight excluding hydrogens is 283 g/mol. The zero-order valence-electron chi connectivity index (χ0n) is 12.7. The van der Waals surface area contributed by atoms with E-state index in [1.165, 1.54) is 12.1 Å². The van der Waals surface area contributed by atoms with Crippen LogP contribution in [-0.4, -0.2) is 15.8 Å². The summed E-state index contributed by atoms with van der Waals surface area (Å²) in [5.74, 6) is 0.372. The molecule has 5 nitrogen and oxygen atoms in total. The predicted molar refractivity (Wildman–Crippen MR) is 82.0 cm³/mol. The molecule has 0 spiro atoms. The fourth-order valence-corrected chi connectivity index (χ4v) is 2.88. The summed E-state index contributed by atoms with van der Waals surface area (Å²) in [4.78, 5) is 12.3. The fraction of sp³-hybridized carbons (Fsp3) is 0.375. The minimum Gasteiger partial charge on any atom is -0.328 e. The summed E-state index contributed by atoms with van der Waals surface area (Å²) in [6.07, 6.45) is 2.76. The molecule has 2 aromatic rings. The normalized spacial score (nSPS) is 16.0. The number of rotatable bonds is 3. The van der Waals surface area contributed by atoms with Crippen molar-refractivity contribution < 1.29 is 9.18 Å². The van der Waals surface area contributed by atoms with Gasteiger partial charge in [0.2, 0.25) is 0 Å². The molecule has 1 saturated carbocycles. The van der Waals surface area contributed by atoms with Crippen molar-refractivity contribution in [3.63, 3.8) is 0 Å². The van der Waals surface area contributed by atoms with Gasteiger partial charge in [0.05, 0.1) is 11.2 Å². The lowest BCUT2D eigenvalue weighted by atomic mass is 9.72. The zero-order chi connectivity index (χ0) is 15.7. The van der Waals surface area contributed by atoms with Gasteiger partial charge in [-0.05, 0) is 43.9 Å². The number of hydrogen-bond acceptors (Lipinski definition) is 2. The van der Waals surface area contributed by atoms with Crippen molar-refractivity contribution in [2.24, 2.45) is 7.05 Å². The van der Waals surface area contributed by atoms with Gasteiger partial charge < -0.3 is 5.32 Å². The molecule has 0 unspecified atom stereocenters. The van der Waals surface area contributed by atoms with E-state index in [9.17, 15) is 9.18 Å². The largest absolute Gasteiger partial charge is 0.328 e. The molecule has 1 aromatic heterocycles. The number of nitrogens with one attached hydrogen (secondary N) is 2. The van der Waals surface area contributed by atoms with E-state index in [0.29, 0.717) is 5.82 Å². The van der Waals surface area contributed by atoms with Crippen molar-refractivity contribution in [2.45, 2.75) is 31.7 Å². The van der Waals surface area contributed by atoms with Gasteiger partial charge in [0.25, 0.3) is 0 Å². The molecule has 3 rings (SSSR count). The van der Waals surface area contributed by atoms with Crippen LogP contribution < -0.4 is 10.6 Å². The average molecular weight is 302 g/mol. The van der Waals surface area contributed by atoms with E-state index in [1.54, 1.807) is 23.9 Å². The minimum absolute atomic E-state index is 0.270. The number of urea groups is 1. The Morgan fingerprint density at radius 2 is 2.00 bits per heavy atom. The number of halogens is 1. The topological polar surface area (TPSA) is 59.0 Å². The average Bonchev–Trinajstić information content (AvgIpc) is 2.73. The van der Waals surface area contributed by atoms with Gasteiger partial charge in [0, 0.05) is 13.1 Å². The molecular formula is C16H19FN4O. The second kappa shape index (κ2) is 5.44. The first-order valence-electron chi connectivity index (χ1n) is 7.34. The van der Waals surface area contributed by atoms with E-state index in [1.807, 2.05) is 13.0 Å². The maximum Gasteiger partial charge on any atom is 0.321 e. The number of carbonyl (C=O) groups excluding carboxylic acids is 1. The molecule has 6 heteroatoms. The standard InChI is InChI=1S/C16H19FN4O/c1-11-10-14(21(2)20-11)18-15(22)19-16(8-3-9-16)12-4-6-13(17)7-5-12/h4-7,10H,3,8-9H2,1-2H3,(H2,18,19,22). The minimum atomic E-state index is -0.397. The van der Waals surface area contributed by atoms with Crippen molar-refractivity contribution in [1.29, 1.82) is 0 Å². The molecule has 2 amide bonds. The first kappa shape index (κ1) is 14.6. The van der Waals surface area contributed by atoms with Crippen LogP contribution in [-0.2, 0) is 12.6 Å². The molecule has 1 heterocycles. The molecule has 0 saturated heterocycles. The van der Waals surface area contributed by atoms with E-state index in [2.05, 4.69) is 15.7 Å². The van der Waals surface area contributed by atoms with E-state index in [4.69, 9.17) is 0 Å². The summed E-state index contributed by atoms with van der Waals surface area (Å²) in [6.45, 7) is 1.87. The number of carbonyl (C=O) groups is 1. The van der Waals surface area contributed by atoms with Gasteiger partial charge in [-0.15, -0.1) is 0 Å². The van der Waals surface area contributed by atoms with Crippen LogP contribution in [0.15, 0.2) is 30.3 Å². The van der Waals surface area contributed by atoms with E-state index < -0.39 is 5.54 Å². The molecule has 1 aliphatic carbocycles. The lowest BCUT2D eigenvalue weighted by Gasteiger charge is -2.43. The van der Waals surface area contributed by atoms with Gasteiger partial charge in [-0.1, -0.05) is 12.1 Å². The molecule has 0 atom stereocenters. The van der Waals surface area contributed by atoms with E-state index in [0.717, 1.165) is 30.5 Å². The monoisotopic (exact) mass is 302 g/mol. The Kier molecular flexibility index (Phi) is 3.60. The summed E-state index contributed by atoms with van der Waals surface area (Å²) in [6, 6.07) is 7.88. The fourth-order valence-electron chi connectivity index (χ4n) is 2.88. The van der Waals surface area contributed by atoms with Crippen molar-refractivity contribution in [2.75, 3.05) is 5.32 Å². The van der Waals surface area contributed by atoms with Gasteiger partial charge in [0.1, 0.15) is 11.6 Å². The second-order valence-corrected chi connectivity index (χ2v) is 5.82. The van der Waals surface area contributed by atoms with Gasteiger partial charge in [-0.3, -0.25) is 10.00 Å². The Hall–Kier alpha value is -2.37. The van der Waals surface area contributed by atoms with Crippen molar-refractivity contribution in [3.05, 3.63) is 47.4 Å². The number of anilines is 1. The van der Waals surface area contributed by atoms with Crippen LogP contribution in [0, 0.1) is 12.7 Å².